The molecule has 4 nitrogen and oxygen atoms in total. The Hall–Kier alpha value is -2.10. The minimum absolute atomic E-state index is 0.0274. The van der Waals surface area contributed by atoms with Crippen LogP contribution in [0, 0.1) is 5.92 Å². The number of nitrogens with zero attached hydrogens (tertiary/aromatic N) is 1. The van der Waals surface area contributed by atoms with Gasteiger partial charge < -0.3 is 10.0 Å². The van der Waals surface area contributed by atoms with Crippen molar-refractivity contribution in [1.29, 1.82) is 0 Å². The van der Waals surface area contributed by atoms with Crippen molar-refractivity contribution in [3.05, 3.63) is 41.5 Å². The Bertz CT molecular complexity index is 565. The summed E-state index contributed by atoms with van der Waals surface area (Å²) < 4.78 is 0. The number of aliphatic carboxylic acids is 1. The molecule has 0 bridgehead atoms. The van der Waals surface area contributed by atoms with Gasteiger partial charge in [0, 0.05) is 24.2 Å². The van der Waals surface area contributed by atoms with Gasteiger partial charge in [0.2, 0.25) is 0 Å². The molecule has 1 aromatic rings. The first-order valence-electron chi connectivity index (χ1n) is 7.29. The molecule has 1 aliphatic heterocycles. The van der Waals surface area contributed by atoms with E-state index in [2.05, 4.69) is 13.8 Å². The van der Waals surface area contributed by atoms with E-state index in [1.807, 2.05) is 4.90 Å². The number of carbonyl (C=O) groups excluding carboxylic acids is 1. The molecular formula is C17H21NO3. The number of carboxylic acid groups (broad SMARTS) is 1. The van der Waals surface area contributed by atoms with E-state index in [1.54, 1.807) is 24.3 Å². The molecule has 0 aliphatic carbocycles. The third-order valence-electron chi connectivity index (χ3n) is 3.93. The molecule has 0 aromatic heterocycles. The molecule has 1 heterocycles. The summed E-state index contributed by atoms with van der Waals surface area (Å²) >= 11 is 0. The largest absolute Gasteiger partial charge is 0.478 e. The third-order valence-corrected chi connectivity index (χ3v) is 3.93. The summed E-state index contributed by atoms with van der Waals surface area (Å²) in [5, 5.41) is 8.66. The molecule has 112 valence electrons. The summed E-state index contributed by atoms with van der Waals surface area (Å²) in [6, 6.07) is 7.36. The monoisotopic (exact) mass is 287 g/mol. The molecule has 1 saturated heterocycles. The van der Waals surface area contributed by atoms with E-state index in [0.717, 1.165) is 31.0 Å². The predicted octanol–water partition coefficient (Wildman–Crippen LogP) is 3.05. The van der Waals surface area contributed by atoms with Crippen LogP contribution in [-0.2, 0) is 4.79 Å². The number of likely N-dealkylation sites (tertiary alicyclic amines) is 1. The van der Waals surface area contributed by atoms with Gasteiger partial charge >= 0.3 is 5.97 Å². The Labute approximate surface area is 125 Å². The Morgan fingerprint density at radius 2 is 2.05 bits per heavy atom. The molecule has 21 heavy (non-hydrogen) atoms. The number of rotatable bonds is 3. The molecule has 1 N–H and O–H groups in total. The van der Waals surface area contributed by atoms with Crippen LogP contribution < -0.4 is 0 Å². The van der Waals surface area contributed by atoms with Crippen molar-refractivity contribution in [2.75, 3.05) is 6.54 Å². The molecule has 1 amide bonds. The third kappa shape index (κ3) is 3.94. The van der Waals surface area contributed by atoms with Gasteiger partial charge in [0.05, 0.1) is 0 Å². The predicted molar refractivity (Wildman–Crippen MR) is 82.0 cm³/mol. The number of piperidine rings is 1. The minimum Gasteiger partial charge on any atom is -0.478 e. The standard InChI is InChI=1S/C17H21NO3/c1-12-6-7-13(2)18(11-12)17(21)15-5-3-4-14(10-15)8-9-16(19)20/h3-5,8-10,12-13H,6-7,11H2,1-2H3,(H,19,20). The summed E-state index contributed by atoms with van der Waals surface area (Å²) in [5.74, 6) is -0.440. The van der Waals surface area contributed by atoms with Gasteiger partial charge in [0.1, 0.15) is 0 Å². The fraction of sp³-hybridized carbons (Fsp3) is 0.412. The highest BCUT2D eigenvalue weighted by Gasteiger charge is 2.27. The molecule has 4 heteroatoms. The number of hydrogen-bond acceptors (Lipinski definition) is 2. The highest BCUT2D eigenvalue weighted by molar-refractivity contribution is 5.95. The van der Waals surface area contributed by atoms with E-state index >= 15 is 0 Å². The van der Waals surface area contributed by atoms with E-state index in [1.165, 1.54) is 6.08 Å². The van der Waals surface area contributed by atoms with Crippen LogP contribution in [-0.4, -0.2) is 34.5 Å². The van der Waals surface area contributed by atoms with Crippen LogP contribution in [0.5, 0.6) is 0 Å². The zero-order chi connectivity index (χ0) is 15.4. The first-order chi connectivity index (χ1) is 9.97. The van der Waals surface area contributed by atoms with Crippen LogP contribution in [0.4, 0.5) is 0 Å². The van der Waals surface area contributed by atoms with Gasteiger partial charge in [-0.05, 0) is 49.5 Å². The molecule has 2 atom stereocenters. The Morgan fingerprint density at radius 3 is 2.76 bits per heavy atom. The topological polar surface area (TPSA) is 57.6 Å². The van der Waals surface area contributed by atoms with E-state index in [9.17, 15) is 9.59 Å². The van der Waals surface area contributed by atoms with Crippen LogP contribution in [0.2, 0.25) is 0 Å². The van der Waals surface area contributed by atoms with E-state index in [0.29, 0.717) is 11.5 Å². The molecule has 1 aromatic carbocycles. The van der Waals surface area contributed by atoms with Gasteiger partial charge in [-0.25, -0.2) is 4.79 Å². The van der Waals surface area contributed by atoms with Gasteiger partial charge in [-0.15, -0.1) is 0 Å². The van der Waals surface area contributed by atoms with Crippen LogP contribution in [0.15, 0.2) is 30.3 Å². The zero-order valence-corrected chi connectivity index (χ0v) is 12.5. The second kappa shape index (κ2) is 6.57. The summed E-state index contributed by atoms with van der Waals surface area (Å²) in [6.07, 6.45) is 4.77. The Kier molecular flexibility index (Phi) is 4.78. The Morgan fingerprint density at radius 1 is 1.29 bits per heavy atom. The molecule has 2 unspecified atom stereocenters. The van der Waals surface area contributed by atoms with E-state index in [4.69, 9.17) is 5.11 Å². The maximum Gasteiger partial charge on any atom is 0.328 e. The van der Waals surface area contributed by atoms with Crippen molar-refractivity contribution >= 4 is 18.0 Å². The average molecular weight is 287 g/mol. The van der Waals surface area contributed by atoms with Crippen molar-refractivity contribution in [3.8, 4) is 0 Å². The van der Waals surface area contributed by atoms with Crippen LogP contribution in [0.25, 0.3) is 6.08 Å². The van der Waals surface area contributed by atoms with Gasteiger partial charge in [-0.1, -0.05) is 19.1 Å². The van der Waals surface area contributed by atoms with Crippen molar-refractivity contribution in [1.82, 2.24) is 4.90 Å². The number of carbonyl (C=O) groups is 2. The molecule has 1 fully saturated rings. The lowest BCUT2D eigenvalue weighted by Gasteiger charge is -2.37. The van der Waals surface area contributed by atoms with Gasteiger partial charge in [-0.3, -0.25) is 4.79 Å². The second-order valence-corrected chi connectivity index (χ2v) is 5.79. The van der Waals surface area contributed by atoms with Crippen LogP contribution >= 0.6 is 0 Å². The van der Waals surface area contributed by atoms with Gasteiger partial charge in [-0.2, -0.15) is 0 Å². The first-order valence-corrected chi connectivity index (χ1v) is 7.29. The SMILES string of the molecule is CC1CCC(C)N(C(=O)c2cccc(C=CC(=O)O)c2)C1. The molecule has 1 aliphatic rings. The molecular weight excluding hydrogens is 266 g/mol. The maximum absolute atomic E-state index is 12.6. The maximum atomic E-state index is 12.6. The lowest BCUT2D eigenvalue weighted by atomic mass is 9.94. The van der Waals surface area contributed by atoms with Crippen molar-refractivity contribution in [2.45, 2.75) is 32.7 Å². The number of hydrogen-bond donors (Lipinski definition) is 1. The fourth-order valence-electron chi connectivity index (χ4n) is 2.68. The molecule has 0 spiro atoms. The summed E-state index contributed by atoms with van der Waals surface area (Å²) in [7, 11) is 0. The van der Waals surface area contributed by atoms with Gasteiger partial charge in [0.15, 0.2) is 0 Å². The van der Waals surface area contributed by atoms with Crippen molar-refractivity contribution in [3.63, 3.8) is 0 Å². The smallest absolute Gasteiger partial charge is 0.328 e. The quantitative estimate of drug-likeness (QED) is 0.869. The van der Waals surface area contributed by atoms with Crippen LogP contribution in [0.1, 0.15) is 42.6 Å². The lowest BCUT2D eigenvalue weighted by Crippen LogP contribution is -2.44. The highest BCUT2D eigenvalue weighted by atomic mass is 16.4. The van der Waals surface area contributed by atoms with Crippen LogP contribution in [0.3, 0.4) is 0 Å². The molecule has 0 saturated carbocycles. The minimum atomic E-state index is -0.995. The first kappa shape index (κ1) is 15.3. The van der Waals surface area contributed by atoms with Crippen molar-refractivity contribution in [2.24, 2.45) is 5.92 Å². The van der Waals surface area contributed by atoms with E-state index < -0.39 is 5.97 Å². The normalized spacial score (nSPS) is 22.5. The average Bonchev–Trinajstić information content (AvgIpc) is 2.47. The zero-order valence-electron chi connectivity index (χ0n) is 12.5. The summed E-state index contributed by atoms with van der Waals surface area (Å²) in [4.78, 5) is 25.1. The van der Waals surface area contributed by atoms with E-state index in [-0.39, 0.29) is 11.9 Å². The van der Waals surface area contributed by atoms with Crippen molar-refractivity contribution < 1.29 is 14.7 Å². The number of carboxylic acids is 1. The summed E-state index contributed by atoms with van der Waals surface area (Å²) in [5.41, 5.74) is 1.34. The Balaban J connectivity index is 2.19. The van der Waals surface area contributed by atoms with Gasteiger partial charge in [0.25, 0.3) is 5.91 Å². The fourth-order valence-corrected chi connectivity index (χ4v) is 2.68. The number of amides is 1. The molecule has 0 radical (unpaired) electrons. The summed E-state index contributed by atoms with van der Waals surface area (Å²) in [6.45, 7) is 5.03. The number of benzene rings is 1. The lowest BCUT2D eigenvalue weighted by molar-refractivity contribution is -0.131. The second-order valence-electron chi connectivity index (χ2n) is 5.79. The highest BCUT2D eigenvalue weighted by Crippen LogP contribution is 2.23. The molecule has 2 rings (SSSR count).